The van der Waals surface area contributed by atoms with E-state index in [1.165, 1.54) is 22.2 Å². The summed E-state index contributed by atoms with van der Waals surface area (Å²) in [6.45, 7) is 1.73. The Labute approximate surface area is 154 Å². The number of halogens is 1. The van der Waals surface area contributed by atoms with Gasteiger partial charge in [0.05, 0.1) is 22.6 Å². The van der Waals surface area contributed by atoms with E-state index in [9.17, 15) is 9.59 Å². The predicted octanol–water partition coefficient (Wildman–Crippen LogP) is 3.42. The lowest BCUT2D eigenvalue weighted by Gasteiger charge is -2.26. The Morgan fingerprint density at radius 3 is 2.77 bits per heavy atom. The van der Waals surface area contributed by atoms with E-state index in [4.69, 9.17) is 11.6 Å². The monoisotopic (exact) mass is 367 g/mol. The molecule has 1 aliphatic heterocycles. The summed E-state index contributed by atoms with van der Waals surface area (Å²) in [6, 6.07) is 11.4. The normalized spacial score (nSPS) is 14.1. The first kappa shape index (κ1) is 16.3. The van der Waals surface area contributed by atoms with Gasteiger partial charge < -0.3 is 5.32 Å². The molecule has 1 aromatic heterocycles. The quantitative estimate of drug-likeness (QED) is 0.752. The summed E-state index contributed by atoms with van der Waals surface area (Å²) in [5, 5.41) is 7.34. The molecule has 2 aromatic carbocycles. The van der Waals surface area contributed by atoms with Crippen molar-refractivity contribution in [3.8, 4) is 0 Å². The molecule has 0 fully saturated rings. The van der Waals surface area contributed by atoms with E-state index in [0.717, 1.165) is 0 Å². The molecule has 0 saturated heterocycles. The van der Waals surface area contributed by atoms with Gasteiger partial charge >= 0.3 is 0 Å². The molecule has 3 aromatic rings. The lowest BCUT2D eigenvalue weighted by Crippen LogP contribution is -2.33. The van der Waals surface area contributed by atoms with Gasteiger partial charge in [0, 0.05) is 5.02 Å². The Morgan fingerprint density at radius 2 is 2.00 bits per heavy atom. The number of carbonyl (C=O) groups is 2. The fourth-order valence-electron chi connectivity index (χ4n) is 2.94. The third kappa shape index (κ3) is 2.62. The van der Waals surface area contributed by atoms with Gasteiger partial charge in [0.2, 0.25) is 0 Å². The molecule has 130 valence electrons. The minimum absolute atomic E-state index is 0.247. The Bertz CT molecular complexity index is 1000. The van der Waals surface area contributed by atoms with Crippen LogP contribution in [0.2, 0.25) is 5.02 Å². The van der Waals surface area contributed by atoms with Crippen molar-refractivity contribution in [2.45, 2.75) is 13.0 Å². The second-order valence-electron chi connectivity index (χ2n) is 5.86. The van der Waals surface area contributed by atoms with Crippen molar-refractivity contribution in [3.63, 3.8) is 0 Å². The van der Waals surface area contributed by atoms with E-state index in [-0.39, 0.29) is 11.8 Å². The summed E-state index contributed by atoms with van der Waals surface area (Å²) in [5.41, 5.74) is 1.92. The summed E-state index contributed by atoms with van der Waals surface area (Å²) < 4.78 is 1.47. The molecule has 2 amide bonds. The number of fused-ring (bicyclic) bond motifs is 2. The number of amides is 2. The van der Waals surface area contributed by atoms with Crippen LogP contribution in [0, 0.1) is 0 Å². The number of carbonyl (C=O) groups excluding carboxylic acids is 2. The van der Waals surface area contributed by atoms with Crippen LogP contribution in [-0.4, -0.2) is 26.6 Å². The molecule has 0 spiro atoms. The Hall–Kier alpha value is -3.19. The summed E-state index contributed by atoms with van der Waals surface area (Å²) >= 11 is 6.08. The van der Waals surface area contributed by atoms with Crippen LogP contribution in [0.1, 0.15) is 23.3 Å². The molecule has 1 N–H and O–H groups in total. The molecular formula is C18H14ClN5O2. The number of aromatic nitrogens is 3. The van der Waals surface area contributed by atoms with E-state index in [2.05, 4.69) is 15.4 Å². The highest BCUT2D eigenvalue weighted by molar-refractivity contribution is 6.31. The molecule has 0 aliphatic carbocycles. The summed E-state index contributed by atoms with van der Waals surface area (Å²) in [7, 11) is 0. The van der Waals surface area contributed by atoms with Crippen LogP contribution in [0.25, 0.3) is 0 Å². The van der Waals surface area contributed by atoms with E-state index >= 15 is 0 Å². The number of nitrogens with one attached hydrogen (secondary N) is 1. The van der Waals surface area contributed by atoms with Crippen molar-refractivity contribution < 1.29 is 9.59 Å². The van der Waals surface area contributed by atoms with Crippen LogP contribution in [0.4, 0.5) is 17.1 Å². The van der Waals surface area contributed by atoms with Crippen molar-refractivity contribution in [2.75, 3.05) is 10.2 Å². The fraction of sp³-hybridized carbons (Fsp3) is 0.111. The molecule has 8 heteroatoms. The van der Waals surface area contributed by atoms with Gasteiger partial charge in [-0.15, -0.1) is 0 Å². The molecule has 0 saturated carbocycles. The summed E-state index contributed by atoms with van der Waals surface area (Å²) in [6.07, 6.45) is 2.86. The lowest BCUT2D eigenvalue weighted by molar-refractivity contribution is -0.120. The number of para-hydroxylation sites is 1. The van der Waals surface area contributed by atoms with Gasteiger partial charge in [-0.05, 0) is 37.3 Å². The summed E-state index contributed by atoms with van der Waals surface area (Å²) in [4.78, 5) is 31.4. The topological polar surface area (TPSA) is 80.1 Å². The van der Waals surface area contributed by atoms with Crippen molar-refractivity contribution in [1.82, 2.24) is 14.8 Å². The maximum Gasteiger partial charge on any atom is 0.257 e. The standard InChI is InChI=1S/C18H14ClN5O2/c1-11(23-10-20-9-21-23)18(26)24-15-5-3-2-4-13(15)17(25)22-14-8-12(19)6-7-16(14)24/h2-11H,1H3,(H,22,25). The molecule has 1 unspecified atom stereocenters. The molecule has 26 heavy (non-hydrogen) atoms. The van der Waals surface area contributed by atoms with Gasteiger partial charge in [-0.2, -0.15) is 5.10 Å². The van der Waals surface area contributed by atoms with Crippen molar-refractivity contribution >= 4 is 40.5 Å². The molecule has 2 heterocycles. The zero-order chi connectivity index (χ0) is 18.3. The van der Waals surface area contributed by atoms with Gasteiger partial charge in [0.15, 0.2) is 0 Å². The van der Waals surface area contributed by atoms with Crippen LogP contribution in [0.15, 0.2) is 55.1 Å². The number of nitrogens with zero attached hydrogens (tertiary/aromatic N) is 4. The highest BCUT2D eigenvalue weighted by Gasteiger charge is 2.32. The second kappa shape index (κ2) is 6.27. The van der Waals surface area contributed by atoms with Crippen LogP contribution in [0.5, 0.6) is 0 Å². The van der Waals surface area contributed by atoms with Crippen LogP contribution in [-0.2, 0) is 4.79 Å². The molecule has 7 nitrogen and oxygen atoms in total. The Balaban J connectivity index is 1.91. The SMILES string of the molecule is CC(C(=O)N1c2ccc(Cl)cc2NC(=O)c2ccccc21)n1cncn1. The smallest absolute Gasteiger partial charge is 0.257 e. The Kier molecular flexibility index (Phi) is 3.93. The number of anilines is 3. The third-order valence-electron chi connectivity index (χ3n) is 4.25. The maximum atomic E-state index is 13.3. The van der Waals surface area contributed by atoms with E-state index < -0.39 is 6.04 Å². The molecule has 0 radical (unpaired) electrons. The first-order valence-electron chi connectivity index (χ1n) is 7.94. The van der Waals surface area contributed by atoms with E-state index in [0.29, 0.717) is 27.6 Å². The minimum atomic E-state index is -0.609. The first-order valence-corrected chi connectivity index (χ1v) is 8.32. The van der Waals surface area contributed by atoms with Crippen LogP contribution < -0.4 is 10.2 Å². The number of hydrogen-bond acceptors (Lipinski definition) is 4. The van der Waals surface area contributed by atoms with Gasteiger partial charge in [-0.3, -0.25) is 14.5 Å². The highest BCUT2D eigenvalue weighted by Crippen LogP contribution is 2.40. The average molecular weight is 368 g/mol. The molecule has 1 aliphatic rings. The molecule has 1 atom stereocenters. The second-order valence-corrected chi connectivity index (χ2v) is 6.29. The summed E-state index contributed by atoms with van der Waals surface area (Å²) in [5.74, 6) is -0.546. The first-order chi connectivity index (χ1) is 12.6. The minimum Gasteiger partial charge on any atom is -0.320 e. The maximum absolute atomic E-state index is 13.3. The van der Waals surface area contributed by atoms with E-state index in [1.807, 2.05) is 0 Å². The van der Waals surface area contributed by atoms with Crippen molar-refractivity contribution in [2.24, 2.45) is 0 Å². The predicted molar refractivity (Wildman–Crippen MR) is 97.7 cm³/mol. The average Bonchev–Trinajstić information content (AvgIpc) is 3.14. The van der Waals surface area contributed by atoms with Crippen LogP contribution >= 0.6 is 11.6 Å². The third-order valence-corrected chi connectivity index (χ3v) is 4.48. The number of benzene rings is 2. The number of rotatable bonds is 2. The van der Waals surface area contributed by atoms with Gasteiger partial charge in [0.25, 0.3) is 11.8 Å². The van der Waals surface area contributed by atoms with Gasteiger partial charge in [-0.25, -0.2) is 9.67 Å². The van der Waals surface area contributed by atoms with Crippen LogP contribution in [0.3, 0.4) is 0 Å². The molecule has 0 bridgehead atoms. The van der Waals surface area contributed by atoms with Crippen molar-refractivity contribution in [3.05, 3.63) is 65.7 Å². The largest absolute Gasteiger partial charge is 0.320 e. The van der Waals surface area contributed by atoms with Crippen molar-refractivity contribution in [1.29, 1.82) is 0 Å². The molecular weight excluding hydrogens is 354 g/mol. The Morgan fingerprint density at radius 1 is 1.19 bits per heavy atom. The number of hydrogen-bond donors (Lipinski definition) is 1. The zero-order valence-electron chi connectivity index (χ0n) is 13.8. The lowest BCUT2D eigenvalue weighted by atomic mass is 10.1. The van der Waals surface area contributed by atoms with Gasteiger partial charge in [-0.1, -0.05) is 23.7 Å². The van der Waals surface area contributed by atoms with E-state index in [1.54, 1.807) is 49.4 Å². The zero-order valence-corrected chi connectivity index (χ0v) is 14.5. The fourth-order valence-corrected chi connectivity index (χ4v) is 3.11. The molecule has 4 rings (SSSR count). The highest BCUT2D eigenvalue weighted by atomic mass is 35.5. The van der Waals surface area contributed by atoms with Gasteiger partial charge in [0.1, 0.15) is 18.7 Å².